The normalized spacial score (nSPS) is 17.2. The molecule has 1 fully saturated rings. The van der Waals surface area contributed by atoms with E-state index in [2.05, 4.69) is 5.32 Å². The topological polar surface area (TPSA) is 66.4 Å². The first kappa shape index (κ1) is 13.0. The lowest BCUT2D eigenvalue weighted by Crippen LogP contribution is -2.41. The number of carbonyl (C=O) groups is 2. The molecule has 4 heteroatoms. The van der Waals surface area contributed by atoms with Crippen LogP contribution in [0.2, 0.25) is 0 Å². The molecule has 0 aromatic heterocycles. The molecule has 16 heavy (non-hydrogen) atoms. The van der Waals surface area contributed by atoms with Crippen molar-refractivity contribution in [3.63, 3.8) is 0 Å². The fourth-order valence-corrected chi connectivity index (χ4v) is 1.70. The third kappa shape index (κ3) is 5.14. The van der Waals surface area contributed by atoms with Gasteiger partial charge >= 0.3 is 5.97 Å². The molecule has 0 bridgehead atoms. The molecule has 2 N–H and O–H groups in total. The van der Waals surface area contributed by atoms with Crippen molar-refractivity contribution in [2.24, 2.45) is 11.8 Å². The maximum Gasteiger partial charge on any atom is 0.326 e. The summed E-state index contributed by atoms with van der Waals surface area (Å²) >= 11 is 0. The van der Waals surface area contributed by atoms with E-state index in [1.165, 1.54) is 12.8 Å². The number of carboxylic acids is 1. The van der Waals surface area contributed by atoms with Gasteiger partial charge in [-0.15, -0.1) is 0 Å². The molecule has 1 rings (SSSR count). The zero-order valence-corrected chi connectivity index (χ0v) is 10.0. The standard InChI is InChI=1S/C12H21NO3/c1-8(2)7-10(12(15)16)13-11(14)6-5-9-3-4-9/h8-10H,3-7H2,1-2H3,(H,13,14)(H,15,16)/t10-/m0/s1. The molecular weight excluding hydrogens is 206 g/mol. The molecule has 0 aromatic rings. The fourth-order valence-electron chi connectivity index (χ4n) is 1.70. The monoisotopic (exact) mass is 227 g/mol. The molecule has 0 unspecified atom stereocenters. The Morgan fingerprint density at radius 3 is 2.44 bits per heavy atom. The van der Waals surface area contributed by atoms with Crippen molar-refractivity contribution in [1.29, 1.82) is 0 Å². The summed E-state index contributed by atoms with van der Waals surface area (Å²) in [5, 5.41) is 11.5. The molecule has 0 radical (unpaired) electrons. The van der Waals surface area contributed by atoms with Crippen molar-refractivity contribution in [2.45, 2.75) is 52.0 Å². The Balaban J connectivity index is 2.28. The fraction of sp³-hybridized carbons (Fsp3) is 0.833. The van der Waals surface area contributed by atoms with Crippen molar-refractivity contribution in [3.8, 4) is 0 Å². The smallest absolute Gasteiger partial charge is 0.326 e. The Hall–Kier alpha value is -1.06. The number of hydrogen-bond acceptors (Lipinski definition) is 2. The highest BCUT2D eigenvalue weighted by molar-refractivity contribution is 5.83. The summed E-state index contributed by atoms with van der Waals surface area (Å²) in [5.74, 6) is -0.0858. The molecular formula is C12H21NO3. The van der Waals surface area contributed by atoms with Gasteiger partial charge in [0.15, 0.2) is 0 Å². The van der Waals surface area contributed by atoms with E-state index >= 15 is 0 Å². The second-order valence-electron chi connectivity index (χ2n) is 5.07. The first-order valence-electron chi connectivity index (χ1n) is 6.01. The van der Waals surface area contributed by atoms with Crippen LogP contribution in [0.1, 0.15) is 46.0 Å². The molecule has 92 valence electrons. The first-order valence-corrected chi connectivity index (χ1v) is 6.01. The molecule has 1 amide bonds. The highest BCUT2D eigenvalue weighted by atomic mass is 16.4. The lowest BCUT2D eigenvalue weighted by atomic mass is 10.0. The van der Waals surface area contributed by atoms with E-state index < -0.39 is 12.0 Å². The summed E-state index contributed by atoms with van der Waals surface area (Å²) < 4.78 is 0. The third-order valence-corrected chi connectivity index (χ3v) is 2.82. The summed E-state index contributed by atoms with van der Waals surface area (Å²) in [6, 6.07) is -0.730. The number of hydrogen-bond donors (Lipinski definition) is 2. The maximum atomic E-state index is 11.5. The van der Waals surface area contributed by atoms with Crippen LogP contribution in [0.4, 0.5) is 0 Å². The van der Waals surface area contributed by atoms with Gasteiger partial charge in [-0.1, -0.05) is 26.7 Å². The van der Waals surface area contributed by atoms with Gasteiger partial charge < -0.3 is 10.4 Å². The van der Waals surface area contributed by atoms with Gasteiger partial charge in [0, 0.05) is 6.42 Å². The predicted octanol–water partition coefficient (Wildman–Crippen LogP) is 1.79. The van der Waals surface area contributed by atoms with E-state index in [4.69, 9.17) is 5.11 Å². The van der Waals surface area contributed by atoms with Crippen molar-refractivity contribution in [3.05, 3.63) is 0 Å². The van der Waals surface area contributed by atoms with Crippen molar-refractivity contribution < 1.29 is 14.7 Å². The SMILES string of the molecule is CC(C)C[C@H](NC(=O)CCC1CC1)C(=O)O. The van der Waals surface area contributed by atoms with E-state index in [-0.39, 0.29) is 11.8 Å². The molecule has 0 heterocycles. The van der Waals surface area contributed by atoms with Gasteiger partial charge in [-0.3, -0.25) is 4.79 Å². The van der Waals surface area contributed by atoms with Crippen molar-refractivity contribution in [1.82, 2.24) is 5.32 Å². The van der Waals surface area contributed by atoms with Crippen LogP contribution in [-0.4, -0.2) is 23.0 Å². The van der Waals surface area contributed by atoms with Crippen LogP contribution < -0.4 is 5.32 Å². The Morgan fingerprint density at radius 1 is 1.38 bits per heavy atom. The van der Waals surface area contributed by atoms with Crippen LogP contribution in [0.15, 0.2) is 0 Å². The minimum Gasteiger partial charge on any atom is -0.480 e. The summed E-state index contributed by atoms with van der Waals surface area (Å²) in [6.07, 6.45) is 4.31. The Labute approximate surface area is 96.4 Å². The van der Waals surface area contributed by atoms with Gasteiger partial charge in [-0.25, -0.2) is 4.79 Å². The van der Waals surface area contributed by atoms with Crippen LogP contribution in [-0.2, 0) is 9.59 Å². The quantitative estimate of drug-likeness (QED) is 0.697. The highest BCUT2D eigenvalue weighted by Gasteiger charge is 2.24. The largest absolute Gasteiger partial charge is 0.480 e. The minimum absolute atomic E-state index is 0.125. The van der Waals surface area contributed by atoms with E-state index in [1.54, 1.807) is 0 Å². The van der Waals surface area contributed by atoms with Crippen LogP contribution in [0, 0.1) is 11.8 Å². The number of carbonyl (C=O) groups excluding carboxylic acids is 1. The van der Waals surface area contributed by atoms with Gasteiger partial charge in [-0.2, -0.15) is 0 Å². The van der Waals surface area contributed by atoms with Gasteiger partial charge in [0.1, 0.15) is 6.04 Å². The zero-order valence-electron chi connectivity index (χ0n) is 10.0. The predicted molar refractivity (Wildman–Crippen MR) is 61.0 cm³/mol. The Bertz CT molecular complexity index is 259. The number of nitrogens with one attached hydrogen (secondary N) is 1. The van der Waals surface area contributed by atoms with Crippen LogP contribution in [0.5, 0.6) is 0 Å². The minimum atomic E-state index is -0.937. The van der Waals surface area contributed by atoms with Gasteiger partial charge in [0.25, 0.3) is 0 Å². The lowest BCUT2D eigenvalue weighted by molar-refractivity contribution is -0.142. The molecule has 1 atom stereocenters. The van der Waals surface area contributed by atoms with Gasteiger partial charge in [0.05, 0.1) is 0 Å². The van der Waals surface area contributed by atoms with E-state index in [0.717, 1.165) is 6.42 Å². The van der Waals surface area contributed by atoms with Crippen molar-refractivity contribution >= 4 is 11.9 Å². The zero-order chi connectivity index (χ0) is 12.1. The molecule has 4 nitrogen and oxygen atoms in total. The Morgan fingerprint density at radius 2 is 2.00 bits per heavy atom. The number of rotatable bonds is 7. The summed E-state index contributed by atoms with van der Waals surface area (Å²) in [6.45, 7) is 3.90. The molecule has 0 saturated heterocycles. The van der Waals surface area contributed by atoms with E-state index in [1.807, 2.05) is 13.8 Å². The second kappa shape index (κ2) is 5.87. The summed E-state index contributed by atoms with van der Waals surface area (Å²) in [4.78, 5) is 22.4. The first-order chi connectivity index (χ1) is 7.49. The van der Waals surface area contributed by atoms with Crippen LogP contribution in [0.3, 0.4) is 0 Å². The maximum absolute atomic E-state index is 11.5. The lowest BCUT2D eigenvalue weighted by Gasteiger charge is -2.16. The molecule has 0 spiro atoms. The van der Waals surface area contributed by atoms with E-state index in [0.29, 0.717) is 18.8 Å². The molecule has 0 aliphatic heterocycles. The number of amides is 1. The molecule has 1 saturated carbocycles. The molecule has 1 aliphatic carbocycles. The number of aliphatic carboxylic acids is 1. The van der Waals surface area contributed by atoms with Gasteiger partial charge in [0.2, 0.25) is 5.91 Å². The molecule has 0 aromatic carbocycles. The summed E-state index contributed by atoms with van der Waals surface area (Å²) in [7, 11) is 0. The molecule has 1 aliphatic rings. The average Bonchev–Trinajstić information content (AvgIpc) is 2.96. The van der Waals surface area contributed by atoms with Crippen LogP contribution >= 0.6 is 0 Å². The van der Waals surface area contributed by atoms with E-state index in [9.17, 15) is 9.59 Å². The van der Waals surface area contributed by atoms with Crippen molar-refractivity contribution in [2.75, 3.05) is 0 Å². The number of carboxylic acid groups (broad SMARTS) is 1. The van der Waals surface area contributed by atoms with Crippen LogP contribution in [0.25, 0.3) is 0 Å². The average molecular weight is 227 g/mol. The van der Waals surface area contributed by atoms with Gasteiger partial charge in [-0.05, 0) is 24.7 Å². The Kier molecular flexibility index (Phi) is 4.77. The third-order valence-electron chi connectivity index (χ3n) is 2.82. The second-order valence-corrected chi connectivity index (χ2v) is 5.07. The highest BCUT2D eigenvalue weighted by Crippen LogP contribution is 2.33. The summed E-state index contributed by atoms with van der Waals surface area (Å²) in [5.41, 5.74) is 0.